The van der Waals surface area contributed by atoms with E-state index in [-0.39, 0.29) is 22.4 Å². The summed E-state index contributed by atoms with van der Waals surface area (Å²) in [6, 6.07) is 8.28. The van der Waals surface area contributed by atoms with Crippen molar-refractivity contribution in [3.05, 3.63) is 70.8 Å². The minimum Gasteiger partial charge on any atom is -0.508 e. The normalized spacial score (nSPS) is 18.1. The molecule has 2 heterocycles. The minimum absolute atomic E-state index is 0.244. The molecule has 0 amide bonds. The first kappa shape index (κ1) is 28.1. The van der Waals surface area contributed by atoms with E-state index >= 15 is 0 Å². The van der Waals surface area contributed by atoms with E-state index in [2.05, 4.69) is 8.37 Å². The number of fused-ring (bicyclic) bond motifs is 6. The summed E-state index contributed by atoms with van der Waals surface area (Å²) >= 11 is 0. The fourth-order valence-corrected chi connectivity index (χ4v) is 5.18. The summed E-state index contributed by atoms with van der Waals surface area (Å²) in [5.74, 6) is -8.60. The molecule has 0 saturated carbocycles. The highest BCUT2D eigenvalue weighted by molar-refractivity contribution is 7.88. The van der Waals surface area contributed by atoms with Crippen molar-refractivity contribution in [3.63, 3.8) is 0 Å². The number of esters is 1. The summed E-state index contributed by atoms with van der Waals surface area (Å²) in [7, 11) is -13.6. The van der Waals surface area contributed by atoms with E-state index in [0.29, 0.717) is 6.07 Å². The van der Waals surface area contributed by atoms with Crippen molar-refractivity contribution in [1.82, 2.24) is 0 Å². The number of carbonyl (C=O) groups is 1. The molecule has 1 spiro atoms. The summed E-state index contributed by atoms with van der Waals surface area (Å²) in [5.41, 5.74) is -17.0. The van der Waals surface area contributed by atoms with E-state index in [4.69, 9.17) is 9.47 Å². The lowest BCUT2D eigenvalue weighted by Crippen LogP contribution is -2.36. The third-order valence-corrected chi connectivity index (χ3v) is 7.73. The van der Waals surface area contributed by atoms with Crippen LogP contribution in [-0.2, 0) is 30.6 Å². The van der Waals surface area contributed by atoms with Gasteiger partial charge in [0.25, 0.3) is 0 Å². The smallest absolute Gasteiger partial charge is 0.508 e. The number of hydrogen-bond acceptors (Lipinski definition) is 11. The van der Waals surface area contributed by atoms with Gasteiger partial charge < -0.3 is 28.1 Å². The van der Waals surface area contributed by atoms with Gasteiger partial charge in [-0.15, -0.1) is 0 Å². The molecule has 41 heavy (non-hydrogen) atoms. The van der Waals surface area contributed by atoms with Gasteiger partial charge in [-0.1, -0.05) is 18.2 Å². The second kappa shape index (κ2) is 8.56. The van der Waals surface area contributed by atoms with Gasteiger partial charge in [0.1, 0.15) is 17.2 Å². The SMILES string of the molecule is O=C1OC2(c3ccc(O)cc3Oc3cc(O)c(OS(=O)(=O)C(F)(F)F)c(OS(=O)(=O)C(F)(F)F)c32)c2ccccc21. The summed E-state index contributed by atoms with van der Waals surface area (Å²) in [6.07, 6.45) is 0. The molecule has 3 aromatic rings. The number of benzene rings is 3. The van der Waals surface area contributed by atoms with Gasteiger partial charge in [-0.25, -0.2) is 4.79 Å². The number of hydrogen-bond donors (Lipinski definition) is 2. The number of rotatable bonds is 4. The van der Waals surface area contributed by atoms with Crippen LogP contribution in [-0.4, -0.2) is 44.0 Å². The molecule has 0 radical (unpaired) electrons. The van der Waals surface area contributed by atoms with Crippen molar-refractivity contribution in [2.24, 2.45) is 0 Å². The van der Waals surface area contributed by atoms with E-state index in [1.165, 1.54) is 24.3 Å². The van der Waals surface area contributed by atoms with Crippen molar-refractivity contribution < 1.29 is 76.0 Å². The standard InChI is InChI=1S/C22H10F6O11S2/c23-21(24,25)40(32,33)38-17-13(30)8-15-16(18(17)39-41(34,35)22(26,27)28)20(12-6-5-9(29)7-14(12)36-15)11-4-2-1-3-10(11)19(31)37-20/h1-8,29-30H. The molecule has 2 N–H and O–H groups in total. The first-order valence-corrected chi connectivity index (χ1v) is 13.4. The van der Waals surface area contributed by atoms with E-state index in [1.807, 2.05) is 0 Å². The van der Waals surface area contributed by atoms with Gasteiger partial charge in [0.05, 0.1) is 11.1 Å². The average Bonchev–Trinajstić information content (AvgIpc) is 3.12. The van der Waals surface area contributed by atoms with E-state index in [1.54, 1.807) is 0 Å². The third-order valence-electron chi connectivity index (χ3n) is 5.82. The molecule has 5 rings (SSSR count). The summed E-state index contributed by atoms with van der Waals surface area (Å²) in [4.78, 5) is 12.9. The number of alkyl halides is 6. The highest BCUT2D eigenvalue weighted by Gasteiger charge is 2.59. The van der Waals surface area contributed by atoms with Crippen molar-refractivity contribution in [2.45, 2.75) is 16.6 Å². The second-order valence-electron chi connectivity index (χ2n) is 8.29. The molecule has 218 valence electrons. The molecule has 0 saturated heterocycles. The molecule has 1 unspecified atom stereocenters. The highest BCUT2D eigenvalue weighted by atomic mass is 32.2. The maximum atomic E-state index is 13.4. The third kappa shape index (κ3) is 4.14. The Morgan fingerprint density at radius 3 is 1.95 bits per heavy atom. The zero-order valence-corrected chi connectivity index (χ0v) is 20.9. The molecule has 11 nitrogen and oxygen atoms in total. The molecule has 0 aromatic heterocycles. The summed E-state index contributed by atoms with van der Waals surface area (Å²) in [5, 5.41) is 20.4. The molecule has 1 atom stereocenters. The molecular formula is C22H10F6O11S2. The molecule has 2 aliphatic rings. The first-order valence-electron chi connectivity index (χ1n) is 10.6. The predicted octanol–water partition coefficient (Wildman–Crippen LogP) is 4.12. The van der Waals surface area contributed by atoms with Crippen molar-refractivity contribution in [2.75, 3.05) is 0 Å². The van der Waals surface area contributed by atoms with Crippen LogP contribution < -0.4 is 13.1 Å². The molecule has 0 aliphatic carbocycles. The molecule has 3 aromatic carbocycles. The lowest BCUT2D eigenvalue weighted by Gasteiger charge is -2.37. The minimum atomic E-state index is -6.84. The van der Waals surface area contributed by atoms with Crippen LogP contribution in [0.2, 0.25) is 0 Å². The Hall–Kier alpha value is -4.39. The maximum absolute atomic E-state index is 13.4. The Bertz CT molecular complexity index is 1850. The second-order valence-corrected chi connectivity index (χ2v) is 11.4. The molecule has 0 bridgehead atoms. The Balaban J connectivity index is 1.95. The number of halogens is 6. The van der Waals surface area contributed by atoms with Gasteiger partial charge in [-0.05, 0) is 18.2 Å². The Morgan fingerprint density at radius 2 is 1.34 bits per heavy atom. The fourth-order valence-electron chi connectivity index (χ4n) is 4.23. The zero-order chi connectivity index (χ0) is 30.3. The van der Waals surface area contributed by atoms with E-state index in [9.17, 15) is 58.2 Å². The van der Waals surface area contributed by atoms with Crippen LogP contribution in [0.25, 0.3) is 0 Å². The van der Waals surface area contributed by atoms with Gasteiger partial charge in [0.2, 0.25) is 11.5 Å². The lowest BCUT2D eigenvalue weighted by molar-refractivity contribution is -0.0514. The largest absolute Gasteiger partial charge is 0.534 e. The molecule has 19 heteroatoms. The van der Waals surface area contributed by atoms with Gasteiger partial charge in [-0.2, -0.15) is 43.2 Å². The van der Waals surface area contributed by atoms with Gasteiger partial charge in [0, 0.05) is 23.3 Å². The monoisotopic (exact) mass is 628 g/mol. The van der Waals surface area contributed by atoms with Gasteiger partial charge in [-0.3, -0.25) is 0 Å². The number of carbonyl (C=O) groups excluding carboxylic acids is 1. The van der Waals surface area contributed by atoms with Crippen LogP contribution in [0.5, 0.6) is 34.5 Å². The van der Waals surface area contributed by atoms with Crippen LogP contribution in [0.3, 0.4) is 0 Å². The Labute approximate surface area is 224 Å². The number of phenols is 2. The topological polar surface area (TPSA) is 163 Å². The maximum Gasteiger partial charge on any atom is 0.534 e. The lowest BCUT2D eigenvalue weighted by atomic mass is 9.77. The van der Waals surface area contributed by atoms with E-state index < -0.39 is 77.1 Å². The van der Waals surface area contributed by atoms with Crippen LogP contribution in [0.1, 0.15) is 27.0 Å². The number of phenolic OH excluding ortho intramolecular Hbond substituents is 2. The van der Waals surface area contributed by atoms with Crippen LogP contribution in [0.15, 0.2) is 48.5 Å². The fraction of sp³-hybridized carbons (Fsp3) is 0.136. The van der Waals surface area contributed by atoms with Crippen molar-refractivity contribution in [3.8, 4) is 34.5 Å². The van der Waals surface area contributed by atoms with Gasteiger partial charge >= 0.3 is 37.2 Å². The Morgan fingerprint density at radius 1 is 0.756 bits per heavy atom. The summed E-state index contributed by atoms with van der Waals surface area (Å²) < 4.78 is 147. The highest BCUT2D eigenvalue weighted by Crippen LogP contribution is 2.62. The number of ether oxygens (including phenoxy) is 2. The number of aromatic hydroxyl groups is 2. The first-order chi connectivity index (χ1) is 18.8. The predicted molar refractivity (Wildman–Crippen MR) is 119 cm³/mol. The average molecular weight is 628 g/mol. The van der Waals surface area contributed by atoms with Gasteiger partial charge in [0.15, 0.2) is 11.4 Å². The quantitative estimate of drug-likeness (QED) is 0.185. The molecule has 0 fully saturated rings. The Kier molecular flexibility index (Phi) is 5.87. The summed E-state index contributed by atoms with van der Waals surface area (Å²) in [6.45, 7) is 0. The molecule has 2 aliphatic heterocycles. The van der Waals surface area contributed by atoms with Crippen LogP contribution >= 0.6 is 0 Å². The van der Waals surface area contributed by atoms with Crippen molar-refractivity contribution >= 4 is 26.2 Å². The van der Waals surface area contributed by atoms with Crippen LogP contribution in [0.4, 0.5) is 26.3 Å². The zero-order valence-electron chi connectivity index (χ0n) is 19.3. The van der Waals surface area contributed by atoms with E-state index in [0.717, 1.165) is 18.2 Å². The van der Waals surface area contributed by atoms with Crippen LogP contribution in [0, 0.1) is 0 Å². The molecular weight excluding hydrogens is 618 g/mol. The van der Waals surface area contributed by atoms with Crippen molar-refractivity contribution in [1.29, 1.82) is 0 Å².